The van der Waals surface area contributed by atoms with Gasteiger partial charge in [0.25, 0.3) is 5.91 Å². The van der Waals surface area contributed by atoms with Crippen LogP contribution in [0, 0.1) is 0 Å². The number of H-pyrrole nitrogens is 1. The molecule has 2 N–H and O–H groups in total. The van der Waals surface area contributed by atoms with Crippen LogP contribution < -0.4 is 5.32 Å². The van der Waals surface area contributed by atoms with Gasteiger partial charge in [0, 0.05) is 25.1 Å². The fourth-order valence-corrected chi connectivity index (χ4v) is 2.32. The van der Waals surface area contributed by atoms with E-state index in [1.54, 1.807) is 23.1 Å². The van der Waals surface area contributed by atoms with E-state index in [9.17, 15) is 4.79 Å². The zero-order valence-corrected chi connectivity index (χ0v) is 12.5. The fourth-order valence-electron chi connectivity index (χ4n) is 2.15. The lowest BCUT2D eigenvalue weighted by molar-refractivity contribution is 0.0950. The number of rotatable bonds is 5. The summed E-state index contributed by atoms with van der Waals surface area (Å²) in [4.78, 5) is 14.7. The Bertz CT molecular complexity index is 747. The molecule has 0 spiro atoms. The Labute approximate surface area is 132 Å². The molecule has 6 heteroatoms. The van der Waals surface area contributed by atoms with Gasteiger partial charge in [-0.25, -0.2) is 4.68 Å². The summed E-state index contributed by atoms with van der Waals surface area (Å²) in [6.45, 7) is 0.566. The molecule has 2 aromatic heterocycles. The second-order valence-corrected chi connectivity index (χ2v) is 5.29. The summed E-state index contributed by atoms with van der Waals surface area (Å²) in [5, 5.41) is 7.57. The van der Waals surface area contributed by atoms with Crippen LogP contribution in [-0.2, 0) is 6.42 Å². The van der Waals surface area contributed by atoms with Crippen molar-refractivity contribution >= 4 is 17.5 Å². The molecule has 0 aliphatic carbocycles. The third kappa shape index (κ3) is 3.38. The highest BCUT2D eigenvalue weighted by molar-refractivity contribution is 6.30. The number of aromatic nitrogens is 3. The van der Waals surface area contributed by atoms with Crippen molar-refractivity contribution in [3.63, 3.8) is 0 Å². The highest BCUT2D eigenvalue weighted by Crippen LogP contribution is 2.10. The molecule has 0 fully saturated rings. The van der Waals surface area contributed by atoms with Gasteiger partial charge in [-0.05, 0) is 36.2 Å². The normalized spacial score (nSPS) is 10.6. The van der Waals surface area contributed by atoms with Crippen LogP contribution in [0.5, 0.6) is 0 Å². The Morgan fingerprint density at radius 2 is 2.14 bits per heavy atom. The number of hydrogen-bond donors (Lipinski definition) is 2. The van der Waals surface area contributed by atoms with E-state index in [1.165, 1.54) is 0 Å². The van der Waals surface area contributed by atoms with Crippen molar-refractivity contribution in [2.24, 2.45) is 0 Å². The molecule has 0 radical (unpaired) electrons. The third-order valence-corrected chi connectivity index (χ3v) is 3.52. The van der Waals surface area contributed by atoms with E-state index in [1.807, 2.05) is 36.5 Å². The summed E-state index contributed by atoms with van der Waals surface area (Å²) >= 11 is 5.77. The number of nitrogens with one attached hydrogen (secondary N) is 2. The van der Waals surface area contributed by atoms with E-state index in [0.29, 0.717) is 17.3 Å². The van der Waals surface area contributed by atoms with Gasteiger partial charge in [0.05, 0.1) is 10.7 Å². The number of nitrogens with zero attached hydrogens (tertiary/aromatic N) is 2. The van der Waals surface area contributed by atoms with Crippen LogP contribution in [0.15, 0.2) is 55.0 Å². The number of hydrogen-bond acceptors (Lipinski definition) is 2. The first kappa shape index (κ1) is 14.4. The van der Waals surface area contributed by atoms with Gasteiger partial charge in [0.15, 0.2) is 0 Å². The summed E-state index contributed by atoms with van der Waals surface area (Å²) in [6, 6.07) is 11.6. The molecule has 3 rings (SSSR count). The van der Waals surface area contributed by atoms with Gasteiger partial charge < -0.3 is 10.3 Å². The Morgan fingerprint density at radius 1 is 1.32 bits per heavy atom. The van der Waals surface area contributed by atoms with Gasteiger partial charge in [-0.2, -0.15) is 5.10 Å². The van der Waals surface area contributed by atoms with Crippen molar-refractivity contribution in [1.29, 1.82) is 0 Å². The van der Waals surface area contributed by atoms with Crippen LogP contribution in [0.2, 0.25) is 5.02 Å². The molecule has 1 amide bonds. The van der Waals surface area contributed by atoms with Crippen molar-refractivity contribution < 1.29 is 4.79 Å². The molecule has 3 aromatic rings. The van der Waals surface area contributed by atoms with E-state index in [-0.39, 0.29) is 5.91 Å². The quantitative estimate of drug-likeness (QED) is 0.760. The molecule has 0 bridgehead atoms. The lowest BCUT2D eigenvalue weighted by Gasteiger charge is -2.06. The molecule has 0 unspecified atom stereocenters. The monoisotopic (exact) mass is 314 g/mol. The lowest BCUT2D eigenvalue weighted by Crippen LogP contribution is -2.25. The van der Waals surface area contributed by atoms with Crippen LogP contribution in [0.3, 0.4) is 0 Å². The minimum Gasteiger partial charge on any atom is -0.356 e. The van der Waals surface area contributed by atoms with Crippen molar-refractivity contribution in [2.75, 3.05) is 6.54 Å². The number of carbonyl (C=O) groups is 1. The van der Waals surface area contributed by atoms with Crippen molar-refractivity contribution in [3.8, 4) is 5.69 Å². The van der Waals surface area contributed by atoms with E-state index in [0.717, 1.165) is 17.7 Å². The van der Waals surface area contributed by atoms with Crippen LogP contribution >= 0.6 is 11.6 Å². The minimum atomic E-state index is -0.153. The number of amides is 1. The number of aromatic amines is 1. The first-order valence-corrected chi connectivity index (χ1v) is 7.31. The summed E-state index contributed by atoms with van der Waals surface area (Å²) < 4.78 is 1.81. The van der Waals surface area contributed by atoms with Gasteiger partial charge in [-0.1, -0.05) is 23.7 Å². The van der Waals surface area contributed by atoms with Crippen molar-refractivity contribution in [2.45, 2.75) is 6.42 Å². The average molecular weight is 315 g/mol. The topological polar surface area (TPSA) is 62.7 Å². The van der Waals surface area contributed by atoms with Gasteiger partial charge in [0.1, 0.15) is 5.69 Å². The first-order chi connectivity index (χ1) is 10.7. The van der Waals surface area contributed by atoms with Crippen LogP contribution in [0.25, 0.3) is 5.69 Å². The SMILES string of the molecule is O=C(NCCc1ccc(-n2cccn2)cc1)c1cc(Cl)c[nH]1. The number of halogens is 1. The molecule has 0 saturated heterocycles. The molecule has 0 aliphatic heterocycles. The smallest absolute Gasteiger partial charge is 0.267 e. The molecule has 0 aliphatic rings. The number of benzene rings is 1. The second kappa shape index (κ2) is 6.49. The standard InChI is InChI=1S/C16H15ClN4O/c17-13-10-15(19-11-13)16(22)18-8-6-12-2-4-14(5-3-12)21-9-1-7-20-21/h1-5,7,9-11,19H,6,8H2,(H,18,22). The lowest BCUT2D eigenvalue weighted by atomic mass is 10.1. The molecular formula is C16H15ClN4O. The third-order valence-electron chi connectivity index (χ3n) is 3.30. The van der Waals surface area contributed by atoms with Gasteiger partial charge in [0.2, 0.25) is 0 Å². The van der Waals surface area contributed by atoms with Crippen LogP contribution in [-0.4, -0.2) is 27.2 Å². The van der Waals surface area contributed by atoms with Gasteiger partial charge >= 0.3 is 0 Å². The first-order valence-electron chi connectivity index (χ1n) is 6.93. The molecule has 0 saturated carbocycles. The van der Waals surface area contributed by atoms with E-state index in [4.69, 9.17) is 11.6 Å². The Kier molecular flexibility index (Phi) is 4.25. The summed E-state index contributed by atoms with van der Waals surface area (Å²) in [6.07, 6.45) is 6.00. The predicted molar refractivity (Wildman–Crippen MR) is 85.4 cm³/mol. The summed E-state index contributed by atoms with van der Waals surface area (Å²) in [7, 11) is 0. The molecule has 22 heavy (non-hydrogen) atoms. The van der Waals surface area contributed by atoms with E-state index < -0.39 is 0 Å². The molecule has 5 nitrogen and oxygen atoms in total. The van der Waals surface area contributed by atoms with Gasteiger partial charge in [-0.3, -0.25) is 4.79 Å². The van der Waals surface area contributed by atoms with Crippen molar-refractivity contribution in [3.05, 3.63) is 71.3 Å². The minimum absolute atomic E-state index is 0.153. The van der Waals surface area contributed by atoms with Gasteiger partial charge in [-0.15, -0.1) is 0 Å². The maximum atomic E-state index is 11.8. The highest BCUT2D eigenvalue weighted by atomic mass is 35.5. The largest absolute Gasteiger partial charge is 0.356 e. The van der Waals surface area contributed by atoms with E-state index in [2.05, 4.69) is 15.4 Å². The summed E-state index contributed by atoms with van der Waals surface area (Å²) in [5.74, 6) is -0.153. The molecular weight excluding hydrogens is 300 g/mol. The average Bonchev–Trinajstić information content (AvgIpc) is 3.19. The Balaban J connectivity index is 1.52. The molecule has 1 aromatic carbocycles. The summed E-state index contributed by atoms with van der Waals surface area (Å²) in [5.41, 5.74) is 2.64. The molecule has 0 atom stereocenters. The highest BCUT2D eigenvalue weighted by Gasteiger charge is 2.07. The zero-order chi connectivity index (χ0) is 15.4. The molecule has 2 heterocycles. The number of carbonyl (C=O) groups excluding carboxylic acids is 1. The van der Waals surface area contributed by atoms with E-state index >= 15 is 0 Å². The van der Waals surface area contributed by atoms with Crippen LogP contribution in [0.4, 0.5) is 0 Å². The maximum Gasteiger partial charge on any atom is 0.267 e. The van der Waals surface area contributed by atoms with Crippen LogP contribution in [0.1, 0.15) is 16.1 Å². The zero-order valence-electron chi connectivity index (χ0n) is 11.8. The Morgan fingerprint density at radius 3 is 2.77 bits per heavy atom. The Hall–Kier alpha value is -2.53. The maximum absolute atomic E-state index is 11.8. The van der Waals surface area contributed by atoms with Crippen molar-refractivity contribution in [1.82, 2.24) is 20.1 Å². The predicted octanol–water partition coefficient (Wildman–Crippen LogP) is 2.83. The second-order valence-electron chi connectivity index (χ2n) is 4.85. The molecule has 112 valence electrons. The fraction of sp³-hybridized carbons (Fsp3) is 0.125.